The van der Waals surface area contributed by atoms with Crippen molar-refractivity contribution in [2.75, 3.05) is 20.5 Å². The molecule has 1 aliphatic rings. The van der Waals surface area contributed by atoms with Gasteiger partial charge in [-0.25, -0.2) is 8.42 Å². The van der Waals surface area contributed by atoms with E-state index in [1.54, 1.807) is 12.2 Å². The molecular weight excluding hydrogens is 258 g/mol. The van der Waals surface area contributed by atoms with E-state index in [1.165, 1.54) is 26.4 Å². The molecule has 0 spiro atoms. The largest absolute Gasteiger partial charge is 0.469 e. The quantitative estimate of drug-likeness (QED) is 0.695. The van der Waals surface area contributed by atoms with E-state index in [2.05, 4.69) is 9.13 Å². The summed E-state index contributed by atoms with van der Waals surface area (Å²) in [6, 6.07) is 0. The molecule has 0 saturated heterocycles. The van der Waals surface area contributed by atoms with Crippen molar-refractivity contribution in [2.24, 2.45) is 4.40 Å². The number of hydrogen-bond acceptors (Lipinski definition) is 5. The van der Waals surface area contributed by atoms with Crippen molar-refractivity contribution in [3.8, 4) is 0 Å². The maximum Gasteiger partial charge on any atom is 0.309 e. The number of sulfonamides is 1. The van der Waals surface area contributed by atoms with Crippen molar-refractivity contribution in [3.63, 3.8) is 0 Å². The van der Waals surface area contributed by atoms with E-state index in [4.69, 9.17) is 4.74 Å². The zero-order valence-electron chi connectivity index (χ0n) is 10.4. The van der Waals surface area contributed by atoms with E-state index in [9.17, 15) is 13.2 Å². The van der Waals surface area contributed by atoms with Gasteiger partial charge in [0.1, 0.15) is 5.60 Å². The summed E-state index contributed by atoms with van der Waals surface area (Å²) in [6.45, 7) is 0. The van der Waals surface area contributed by atoms with Crippen molar-refractivity contribution in [1.29, 1.82) is 0 Å². The van der Waals surface area contributed by atoms with Crippen molar-refractivity contribution in [2.45, 2.75) is 12.0 Å². The first-order valence-corrected chi connectivity index (χ1v) is 6.95. The Labute approximate surface area is 106 Å². The molecule has 1 rings (SSSR count). The van der Waals surface area contributed by atoms with Gasteiger partial charge in [-0.05, 0) is 24.3 Å². The van der Waals surface area contributed by atoms with Crippen LogP contribution in [0, 0.1) is 0 Å². The van der Waals surface area contributed by atoms with Crippen LogP contribution in [-0.4, -0.2) is 46.2 Å². The second-order valence-corrected chi connectivity index (χ2v) is 5.48. The Morgan fingerprint density at radius 1 is 1.33 bits per heavy atom. The zero-order chi connectivity index (χ0) is 13.8. The molecule has 18 heavy (non-hydrogen) atoms. The summed E-state index contributed by atoms with van der Waals surface area (Å²) in [5.74, 6) is -0.422. The summed E-state index contributed by atoms with van der Waals surface area (Å²) in [5, 5.41) is 0. The number of ether oxygens (including phenoxy) is 2. The first kappa shape index (κ1) is 14.6. The maximum absolute atomic E-state index is 11.3. The standard InChI is InChI=1S/C11H15NO5S/c1-16-10(13)8-11(17-2)6-4-9(5-7-11)12-18(3,14)15/h4-7H,8H2,1-3H3. The number of carbonyl (C=O) groups excluding carboxylic acids is 1. The molecule has 100 valence electrons. The summed E-state index contributed by atoms with van der Waals surface area (Å²) < 4.78 is 35.3. The van der Waals surface area contributed by atoms with Gasteiger partial charge in [0.25, 0.3) is 10.0 Å². The minimum atomic E-state index is -3.44. The van der Waals surface area contributed by atoms with Crippen LogP contribution in [0.5, 0.6) is 0 Å². The van der Waals surface area contributed by atoms with Gasteiger partial charge in [-0.3, -0.25) is 4.79 Å². The minimum Gasteiger partial charge on any atom is -0.469 e. The predicted octanol–water partition coefficient (Wildman–Crippen LogP) is 0.461. The number of hydrogen-bond donors (Lipinski definition) is 0. The highest BCUT2D eigenvalue weighted by molar-refractivity contribution is 7.89. The zero-order valence-corrected chi connectivity index (χ0v) is 11.2. The number of esters is 1. The van der Waals surface area contributed by atoms with Crippen LogP contribution in [0.3, 0.4) is 0 Å². The molecule has 0 aromatic carbocycles. The van der Waals surface area contributed by atoms with Crippen LogP contribution in [0.25, 0.3) is 0 Å². The molecule has 7 heteroatoms. The Morgan fingerprint density at radius 2 is 1.89 bits per heavy atom. The lowest BCUT2D eigenvalue weighted by Gasteiger charge is -2.26. The summed E-state index contributed by atoms with van der Waals surface area (Å²) in [5.41, 5.74) is -0.626. The number of carbonyl (C=O) groups is 1. The highest BCUT2D eigenvalue weighted by Crippen LogP contribution is 2.23. The van der Waals surface area contributed by atoms with E-state index in [0.717, 1.165) is 6.26 Å². The van der Waals surface area contributed by atoms with Gasteiger partial charge in [0.2, 0.25) is 0 Å². The van der Waals surface area contributed by atoms with E-state index >= 15 is 0 Å². The third kappa shape index (κ3) is 4.08. The van der Waals surface area contributed by atoms with Crippen LogP contribution >= 0.6 is 0 Å². The minimum absolute atomic E-state index is 0.0131. The lowest BCUT2D eigenvalue weighted by atomic mass is 9.93. The molecule has 0 aliphatic heterocycles. The van der Waals surface area contributed by atoms with Gasteiger partial charge in [0.15, 0.2) is 0 Å². The van der Waals surface area contributed by atoms with E-state index < -0.39 is 21.6 Å². The van der Waals surface area contributed by atoms with Gasteiger partial charge in [-0.1, -0.05) is 0 Å². The molecule has 6 nitrogen and oxygen atoms in total. The van der Waals surface area contributed by atoms with Gasteiger partial charge in [0.05, 0.1) is 25.5 Å². The average molecular weight is 273 g/mol. The Hall–Kier alpha value is -1.47. The second kappa shape index (κ2) is 5.45. The van der Waals surface area contributed by atoms with Crippen molar-refractivity contribution < 1.29 is 22.7 Å². The molecule has 0 aromatic rings. The first-order valence-electron chi connectivity index (χ1n) is 5.11. The lowest BCUT2D eigenvalue weighted by molar-refractivity contribution is -0.144. The van der Waals surface area contributed by atoms with Crippen molar-refractivity contribution in [3.05, 3.63) is 24.3 Å². The van der Waals surface area contributed by atoms with E-state index in [1.807, 2.05) is 0 Å². The summed E-state index contributed by atoms with van der Waals surface area (Å²) >= 11 is 0. The molecule has 0 fully saturated rings. The third-order valence-corrected chi connectivity index (χ3v) is 2.91. The highest BCUT2D eigenvalue weighted by atomic mass is 32.2. The molecule has 0 radical (unpaired) electrons. The Kier molecular flexibility index (Phi) is 4.42. The van der Waals surface area contributed by atoms with Gasteiger partial charge < -0.3 is 9.47 Å². The Balaban J connectivity index is 2.93. The fraction of sp³-hybridized carbons (Fsp3) is 0.455. The summed E-state index contributed by atoms with van der Waals surface area (Å²) in [6.07, 6.45) is 7.16. The van der Waals surface area contributed by atoms with Gasteiger partial charge in [-0.2, -0.15) is 4.40 Å². The van der Waals surface area contributed by atoms with Crippen molar-refractivity contribution in [1.82, 2.24) is 0 Å². The molecule has 0 amide bonds. The molecule has 0 saturated carbocycles. The second-order valence-electron chi connectivity index (χ2n) is 3.83. The number of rotatable bonds is 4. The summed E-state index contributed by atoms with van der Waals surface area (Å²) in [4.78, 5) is 11.3. The Morgan fingerprint density at radius 3 is 2.28 bits per heavy atom. The molecule has 0 N–H and O–H groups in total. The van der Waals surface area contributed by atoms with Crippen LogP contribution in [0.2, 0.25) is 0 Å². The average Bonchev–Trinajstić information content (AvgIpc) is 2.30. The van der Waals surface area contributed by atoms with Crippen LogP contribution in [0.15, 0.2) is 28.7 Å². The summed E-state index contributed by atoms with van der Waals surface area (Å²) in [7, 11) is -0.698. The van der Waals surface area contributed by atoms with E-state index in [-0.39, 0.29) is 12.1 Å². The fourth-order valence-electron chi connectivity index (χ4n) is 1.44. The number of allylic oxidation sites excluding steroid dienone is 2. The number of nitrogens with zero attached hydrogens (tertiary/aromatic N) is 1. The fourth-order valence-corrected chi connectivity index (χ4v) is 1.94. The predicted molar refractivity (Wildman–Crippen MR) is 66.9 cm³/mol. The highest BCUT2D eigenvalue weighted by Gasteiger charge is 2.29. The van der Waals surface area contributed by atoms with Crippen LogP contribution in [0.4, 0.5) is 0 Å². The monoisotopic (exact) mass is 273 g/mol. The van der Waals surface area contributed by atoms with Crippen molar-refractivity contribution >= 4 is 21.7 Å². The molecule has 0 atom stereocenters. The maximum atomic E-state index is 11.3. The SMILES string of the molecule is COC(=O)CC1(OC)C=CC(=NS(C)(=O)=O)C=C1. The normalized spacial score (nSPS) is 22.9. The molecule has 1 aliphatic carbocycles. The lowest BCUT2D eigenvalue weighted by Crippen LogP contribution is -2.32. The van der Waals surface area contributed by atoms with Gasteiger partial charge in [0, 0.05) is 7.11 Å². The molecule has 0 bridgehead atoms. The van der Waals surface area contributed by atoms with E-state index in [0.29, 0.717) is 0 Å². The molecule has 0 unspecified atom stereocenters. The Bertz CT molecular complexity index is 500. The number of methoxy groups -OCH3 is 2. The molecular formula is C11H15NO5S. The third-order valence-electron chi connectivity index (χ3n) is 2.37. The topological polar surface area (TPSA) is 82.0 Å². The first-order chi connectivity index (χ1) is 8.30. The molecule has 0 heterocycles. The van der Waals surface area contributed by atoms with Crippen LogP contribution in [0.1, 0.15) is 6.42 Å². The smallest absolute Gasteiger partial charge is 0.309 e. The van der Waals surface area contributed by atoms with Crippen LogP contribution < -0.4 is 0 Å². The van der Waals surface area contributed by atoms with Gasteiger partial charge >= 0.3 is 5.97 Å². The van der Waals surface area contributed by atoms with Gasteiger partial charge in [-0.15, -0.1) is 0 Å². The molecule has 0 aromatic heterocycles. The van der Waals surface area contributed by atoms with Crippen LogP contribution in [-0.2, 0) is 24.3 Å².